The zero-order valence-electron chi connectivity index (χ0n) is 14.2. The second-order valence-electron chi connectivity index (χ2n) is 6.44. The zero-order chi connectivity index (χ0) is 17.5. The van der Waals surface area contributed by atoms with Gasteiger partial charge < -0.3 is 15.5 Å². The summed E-state index contributed by atoms with van der Waals surface area (Å²) in [6.07, 6.45) is 2.08. The monoisotopic (exact) mass is 335 g/mol. The van der Waals surface area contributed by atoms with Crippen molar-refractivity contribution < 1.29 is 14.0 Å². The Kier molecular flexibility index (Phi) is 6.73. The number of carbonyl (C=O) groups excluding carboxylic acids is 2. The van der Waals surface area contributed by atoms with Gasteiger partial charge in [0, 0.05) is 38.6 Å². The number of carbonyl (C=O) groups is 2. The van der Waals surface area contributed by atoms with E-state index < -0.39 is 0 Å². The first kappa shape index (κ1) is 18.4. The smallest absolute Gasteiger partial charge is 0.227 e. The van der Waals surface area contributed by atoms with Crippen LogP contribution in [0.25, 0.3) is 0 Å². The second kappa shape index (κ2) is 8.78. The lowest BCUT2D eigenvalue weighted by molar-refractivity contribution is -0.133. The lowest BCUT2D eigenvalue weighted by Crippen LogP contribution is -2.38. The Morgan fingerprint density at radius 2 is 1.83 bits per heavy atom. The van der Waals surface area contributed by atoms with E-state index in [1.807, 2.05) is 11.8 Å². The van der Waals surface area contributed by atoms with Crippen molar-refractivity contribution in [3.05, 3.63) is 35.6 Å². The summed E-state index contributed by atoms with van der Waals surface area (Å²) in [7, 11) is 0. The quantitative estimate of drug-likeness (QED) is 0.888. The Morgan fingerprint density at radius 1 is 1.17 bits per heavy atom. The van der Waals surface area contributed by atoms with Crippen molar-refractivity contribution in [1.82, 2.24) is 9.80 Å². The zero-order valence-corrected chi connectivity index (χ0v) is 14.2. The number of nitrogens with two attached hydrogens (primary N) is 1. The van der Waals surface area contributed by atoms with Crippen molar-refractivity contribution in [3.8, 4) is 0 Å². The summed E-state index contributed by atoms with van der Waals surface area (Å²) in [4.78, 5) is 28.2. The van der Waals surface area contributed by atoms with Gasteiger partial charge in [-0.1, -0.05) is 12.1 Å². The fourth-order valence-corrected chi connectivity index (χ4v) is 2.86. The Hall–Kier alpha value is -1.95. The highest BCUT2D eigenvalue weighted by atomic mass is 19.1. The number of halogens is 1. The molecule has 0 radical (unpaired) electrons. The van der Waals surface area contributed by atoms with Crippen molar-refractivity contribution in [3.63, 3.8) is 0 Å². The molecule has 1 aliphatic rings. The van der Waals surface area contributed by atoms with E-state index in [1.54, 1.807) is 17.0 Å². The molecule has 132 valence electrons. The van der Waals surface area contributed by atoms with Crippen molar-refractivity contribution in [1.29, 1.82) is 0 Å². The molecule has 6 heteroatoms. The molecular weight excluding hydrogens is 309 g/mol. The topological polar surface area (TPSA) is 66.6 Å². The van der Waals surface area contributed by atoms with E-state index in [0.29, 0.717) is 44.6 Å². The normalized spacial score (nSPS) is 16.6. The van der Waals surface area contributed by atoms with Crippen LogP contribution in [0.4, 0.5) is 4.39 Å². The molecule has 24 heavy (non-hydrogen) atoms. The van der Waals surface area contributed by atoms with Crippen LogP contribution >= 0.6 is 0 Å². The average molecular weight is 335 g/mol. The molecule has 1 aromatic rings. The van der Waals surface area contributed by atoms with Crippen LogP contribution in [-0.2, 0) is 16.0 Å². The number of rotatable bonds is 5. The van der Waals surface area contributed by atoms with Crippen LogP contribution in [0.5, 0.6) is 0 Å². The highest BCUT2D eigenvalue weighted by molar-refractivity contribution is 5.79. The summed E-state index contributed by atoms with van der Waals surface area (Å²) in [5.41, 5.74) is 6.37. The molecule has 2 rings (SSSR count). The van der Waals surface area contributed by atoms with E-state index in [0.717, 1.165) is 6.42 Å². The molecule has 1 aliphatic heterocycles. The van der Waals surface area contributed by atoms with E-state index in [9.17, 15) is 14.0 Å². The Bertz CT molecular complexity index is 577. The summed E-state index contributed by atoms with van der Waals surface area (Å²) < 4.78 is 13.2. The van der Waals surface area contributed by atoms with E-state index in [2.05, 4.69) is 0 Å². The number of amides is 2. The minimum atomic E-state index is -0.331. The largest absolute Gasteiger partial charge is 0.341 e. The van der Waals surface area contributed by atoms with E-state index in [1.165, 1.54) is 12.1 Å². The minimum absolute atomic E-state index is 0.0188. The Morgan fingerprint density at radius 3 is 2.46 bits per heavy atom. The van der Waals surface area contributed by atoms with Crippen molar-refractivity contribution in [2.45, 2.75) is 38.6 Å². The first-order chi connectivity index (χ1) is 11.5. The van der Waals surface area contributed by atoms with Crippen molar-refractivity contribution >= 4 is 11.8 Å². The van der Waals surface area contributed by atoms with Crippen LogP contribution in [0.2, 0.25) is 0 Å². The van der Waals surface area contributed by atoms with Gasteiger partial charge in [0.1, 0.15) is 5.82 Å². The summed E-state index contributed by atoms with van der Waals surface area (Å²) in [6.45, 7) is 4.26. The number of nitrogens with zero attached hydrogens (tertiary/aromatic N) is 2. The summed E-state index contributed by atoms with van der Waals surface area (Å²) >= 11 is 0. The summed E-state index contributed by atoms with van der Waals surface area (Å²) in [5.74, 6) is -0.251. The van der Waals surface area contributed by atoms with Gasteiger partial charge in [-0.05, 0) is 37.5 Å². The maximum absolute atomic E-state index is 13.2. The SMILES string of the molecule is CC(N)CCC(=O)N1CCCN(C(=O)Cc2cccc(F)c2)CC1. The molecule has 5 nitrogen and oxygen atoms in total. The predicted octanol–water partition coefficient (Wildman–Crippen LogP) is 1.56. The fourth-order valence-electron chi connectivity index (χ4n) is 2.86. The molecule has 1 unspecified atom stereocenters. The molecule has 1 atom stereocenters. The highest BCUT2D eigenvalue weighted by Gasteiger charge is 2.22. The van der Waals surface area contributed by atoms with Crippen LogP contribution in [0.15, 0.2) is 24.3 Å². The molecule has 1 saturated heterocycles. The molecule has 1 aromatic carbocycles. The van der Waals surface area contributed by atoms with Crippen LogP contribution in [-0.4, -0.2) is 53.8 Å². The van der Waals surface area contributed by atoms with Crippen molar-refractivity contribution in [2.24, 2.45) is 5.73 Å². The maximum Gasteiger partial charge on any atom is 0.227 e. The number of benzene rings is 1. The molecule has 2 N–H and O–H groups in total. The van der Waals surface area contributed by atoms with Gasteiger partial charge >= 0.3 is 0 Å². The van der Waals surface area contributed by atoms with E-state index in [4.69, 9.17) is 5.73 Å². The van der Waals surface area contributed by atoms with Gasteiger partial charge in [0.15, 0.2) is 0 Å². The van der Waals surface area contributed by atoms with Gasteiger partial charge in [-0.15, -0.1) is 0 Å². The molecule has 2 amide bonds. The molecular formula is C18H26FN3O2. The molecule has 0 bridgehead atoms. The maximum atomic E-state index is 13.2. The fraction of sp³-hybridized carbons (Fsp3) is 0.556. The van der Waals surface area contributed by atoms with Crippen molar-refractivity contribution in [2.75, 3.05) is 26.2 Å². The van der Waals surface area contributed by atoms with Crippen LogP contribution in [0.1, 0.15) is 31.7 Å². The highest BCUT2D eigenvalue weighted by Crippen LogP contribution is 2.10. The lowest BCUT2D eigenvalue weighted by Gasteiger charge is -2.22. The van der Waals surface area contributed by atoms with E-state index >= 15 is 0 Å². The lowest BCUT2D eigenvalue weighted by atomic mass is 10.1. The third kappa shape index (κ3) is 5.60. The van der Waals surface area contributed by atoms with Gasteiger partial charge in [-0.25, -0.2) is 4.39 Å². The summed E-state index contributed by atoms with van der Waals surface area (Å²) in [6, 6.07) is 6.14. The standard InChI is InChI=1S/C18H26FN3O2/c1-14(20)6-7-17(23)21-8-3-9-22(11-10-21)18(24)13-15-4-2-5-16(19)12-15/h2,4-5,12,14H,3,6-11,13,20H2,1H3. The first-order valence-electron chi connectivity index (χ1n) is 8.51. The molecule has 0 saturated carbocycles. The van der Waals surface area contributed by atoms with Gasteiger partial charge in [-0.3, -0.25) is 9.59 Å². The number of hydrogen-bond acceptors (Lipinski definition) is 3. The predicted molar refractivity (Wildman–Crippen MR) is 90.8 cm³/mol. The van der Waals surface area contributed by atoms with Gasteiger partial charge in [0.25, 0.3) is 0 Å². The third-order valence-electron chi connectivity index (χ3n) is 4.26. The number of hydrogen-bond donors (Lipinski definition) is 1. The second-order valence-corrected chi connectivity index (χ2v) is 6.44. The molecule has 0 spiro atoms. The first-order valence-corrected chi connectivity index (χ1v) is 8.51. The average Bonchev–Trinajstić information content (AvgIpc) is 2.78. The van der Waals surface area contributed by atoms with Gasteiger partial charge in [0.05, 0.1) is 6.42 Å². The van der Waals surface area contributed by atoms with Crippen LogP contribution in [0, 0.1) is 5.82 Å². The summed E-state index contributed by atoms with van der Waals surface area (Å²) in [5, 5.41) is 0. The van der Waals surface area contributed by atoms with Crippen LogP contribution in [0.3, 0.4) is 0 Å². The molecule has 1 heterocycles. The molecule has 0 aromatic heterocycles. The van der Waals surface area contributed by atoms with Crippen LogP contribution < -0.4 is 5.73 Å². The molecule has 1 fully saturated rings. The van der Waals surface area contributed by atoms with E-state index in [-0.39, 0.29) is 30.1 Å². The van der Waals surface area contributed by atoms with Gasteiger partial charge in [0.2, 0.25) is 11.8 Å². The third-order valence-corrected chi connectivity index (χ3v) is 4.26. The van der Waals surface area contributed by atoms with Gasteiger partial charge in [-0.2, -0.15) is 0 Å². The molecule has 0 aliphatic carbocycles. The minimum Gasteiger partial charge on any atom is -0.341 e. The Labute approximate surface area is 142 Å². The Balaban J connectivity index is 1.85.